The SMILES string of the molecule is CN1CCC[C@@]2(CCN(C(=O)CC34C[C@H]5C[C@@H](CC(O)(C5)C3)C4)C2)C1=O. The number of hydrogen-bond acceptors (Lipinski definition) is 3. The molecule has 2 amide bonds. The fourth-order valence-electron chi connectivity index (χ4n) is 7.77. The van der Waals surface area contributed by atoms with Crippen LogP contribution in [0.3, 0.4) is 0 Å². The van der Waals surface area contributed by atoms with Crippen LogP contribution in [0, 0.1) is 22.7 Å². The number of rotatable bonds is 2. The van der Waals surface area contributed by atoms with Crippen LogP contribution in [0.4, 0.5) is 0 Å². The molecule has 6 fully saturated rings. The third-order valence-electron chi connectivity index (χ3n) is 8.33. The second-order valence-corrected chi connectivity index (χ2v) is 10.5. The van der Waals surface area contributed by atoms with E-state index in [-0.39, 0.29) is 22.6 Å². The van der Waals surface area contributed by atoms with Crippen molar-refractivity contribution >= 4 is 11.8 Å². The Bertz CT molecular complexity index is 633. The van der Waals surface area contributed by atoms with Crippen molar-refractivity contribution in [1.82, 2.24) is 9.80 Å². The van der Waals surface area contributed by atoms with Gasteiger partial charge in [0.2, 0.25) is 11.8 Å². The molecule has 5 nitrogen and oxygen atoms in total. The quantitative estimate of drug-likeness (QED) is 0.821. The number of carbonyl (C=O) groups is 2. The summed E-state index contributed by atoms with van der Waals surface area (Å²) in [6, 6.07) is 0. The average Bonchev–Trinajstić information content (AvgIpc) is 2.95. The van der Waals surface area contributed by atoms with Gasteiger partial charge in [-0.3, -0.25) is 9.59 Å². The molecule has 1 N–H and O–H groups in total. The number of likely N-dealkylation sites (tertiary alicyclic amines) is 2. The molecule has 0 radical (unpaired) electrons. The van der Waals surface area contributed by atoms with Gasteiger partial charge in [0.15, 0.2) is 0 Å². The Morgan fingerprint density at radius 2 is 1.88 bits per heavy atom. The van der Waals surface area contributed by atoms with Crippen LogP contribution in [0.25, 0.3) is 0 Å². The number of amides is 2. The second kappa shape index (κ2) is 5.46. The lowest BCUT2D eigenvalue weighted by Gasteiger charge is -2.60. The van der Waals surface area contributed by atoms with Crippen LogP contribution in [-0.2, 0) is 9.59 Å². The molecule has 4 saturated carbocycles. The summed E-state index contributed by atoms with van der Waals surface area (Å²) in [6.45, 7) is 2.19. The molecule has 3 atom stereocenters. The van der Waals surface area contributed by atoms with Gasteiger partial charge in [0, 0.05) is 33.1 Å². The zero-order chi connectivity index (χ0) is 18.2. The maximum atomic E-state index is 13.2. The third kappa shape index (κ3) is 2.53. The lowest BCUT2D eigenvalue weighted by molar-refractivity contribution is -0.171. The Hall–Kier alpha value is -1.10. The largest absolute Gasteiger partial charge is 0.390 e. The van der Waals surface area contributed by atoms with Gasteiger partial charge in [0.1, 0.15) is 0 Å². The van der Waals surface area contributed by atoms with Gasteiger partial charge in [0.05, 0.1) is 11.0 Å². The van der Waals surface area contributed by atoms with E-state index in [0.29, 0.717) is 24.8 Å². The first-order valence-electron chi connectivity index (χ1n) is 10.6. The van der Waals surface area contributed by atoms with Crippen LogP contribution in [0.1, 0.15) is 64.2 Å². The molecule has 4 bridgehead atoms. The van der Waals surface area contributed by atoms with E-state index in [4.69, 9.17) is 0 Å². The Labute approximate surface area is 156 Å². The molecule has 5 heteroatoms. The van der Waals surface area contributed by atoms with Gasteiger partial charge in [-0.15, -0.1) is 0 Å². The summed E-state index contributed by atoms with van der Waals surface area (Å²) in [5, 5.41) is 10.9. The number of hydrogen-bond donors (Lipinski definition) is 1. The van der Waals surface area contributed by atoms with Gasteiger partial charge in [-0.2, -0.15) is 0 Å². The summed E-state index contributed by atoms with van der Waals surface area (Å²) in [7, 11) is 1.89. The first-order chi connectivity index (χ1) is 12.3. The van der Waals surface area contributed by atoms with Gasteiger partial charge in [0.25, 0.3) is 0 Å². The van der Waals surface area contributed by atoms with Gasteiger partial charge < -0.3 is 14.9 Å². The Morgan fingerprint density at radius 1 is 1.15 bits per heavy atom. The summed E-state index contributed by atoms with van der Waals surface area (Å²) in [4.78, 5) is 29.7. The van der Waals surface area contributed by atoms with Gasteiger partial charge in [-0.25, -0.2) is 0 Å². The van der Waals surface area contributed by atoms with Crippen LogP contribution in [0.5, 0.6) is 0 Å². The number of piperidine rings is 1. The predicted molar refractivity (Wildman–Crippen MR) is 97.2 cm³/mol. The van der Waals surface area contributed by atoms with Crippen molar-refractivity contribution < 1.29 is 14.7 Å². The molecule has 144 valence electrons. The minimum atomic E-state index is -0.501. The Morgan fingerprint density at radius 3 is 2.58 bits per heavy atom. The highest BCUT2D eigenvalue weighted by atomic mass is 16.3. The van der Waals surface area contributed by atoms with E-state index in [2.05, 4.69) is 0 Å². The highest BCUT2D eigenvalue weighted by Gasteiger charge is 2.58. The van der Waals surface area contributed by atoms with Crippen LogP contribution in [0.2, 0.25) is 0 Å². The van der Waals surface area contributed by atoms with Crippen LogP contribution in [0.15, 0.2) is 0 Å². The zero-order valence-corrected chi connectivity index (χ0v) is 16.0. The standard InChI is InChI=1S/C21H32N2O3/c1-22-5-2-3-20(18(22)25)4-6-23(14-20)17(24)12-19-8-15-7-16(9-19)11-21(26,10-15)13-19/h15-16,26H,2-14H2,1H3/t15-,16-,19?,20+,21?/m1/s1. The van der Waals surface area contributed by atoms with Crippen molar-refractivity contribution in [2.24, 2.45) is 22.7 Å². The molecule has 2 aliphatic heterocycles. The van der Waals surface area contributed by atoms with E-state index in [1.807, 2.05) is 16.8 Å². The Kier molecular flexibility index (Phi) is 3.58. The van der Waals surface area contributed by atoms with Crippen molar-refractivity contribution in [3.8, 4) is 0 Å². The molecule has 0 aromatic heterocycles. The van der Waals surface area contributed by atoms with E-state index < -0.39 is 5.60 Å². The second-order valence-electron chi connectivity index (χ2n) is 10.5. The first kappa shape index (κ1) is 17.0. The van der Waals surface area contributed by atoms with E-state index in [9.17, 15) is 14.7 Å². The molecule has 0 aromatic rings. The molecular weight excluding hydrogens is 328 g/mol. The van der Waals surface area contributed by atoms with Crippen molar-refractivity contribution in [2.45, 2.75) is 69.8 Å². The fourth-order valence-corrected chi connectivity index (χ4v) is 7.77. The van der Waals surface area contributed by atoms with Crippen molar-refractivity contribution in [2.75, 3.05) is 26.7 Å². The van der Waals surface area contributed by atoms with Crippen LogP contribution < -0.4 is 0 Å². The molecule has 6 rings (SSSR count). The van der Waals surface area contributed by atoms with Crippen LogP contribution in [-0.4, -0.2) is 59.0 Å². The first-order valence-corrected chi connectivity index (χ1v) is 10.6. The van der Waals surface area contributed by atoms with E-state index >= 15 is 0 Å². The maximum Gasteiger partial charge on any atom is 0.230 e. The third-order valence-corrected chi connectivity index (χ3v) is 8.33. The van der Waals surface area contributed by atoms with E-state index in [1.165, 1.54) is 6.42 Å². The smallest absolute Gasteiger partial charge is 0.230 e. The molecule has 2 saturated heterocycles. The molecule has 0 aromatic carbocycles. The van der Waals surface area contributed by atoms with Gasteiger partial charge >= 0.3 is 0 Å². The minimum absolute atomic E-state index is 0.0268. The summed E-state index contributed by atoms with van der Waals surface area (Å²) in [5.41, 5.74) is -0.792. The van der Waals surface area contributed by atoms with E-state index in [0.717, 1.165) is 64.5 Å². The molecular formula is C21H32N2O3. The number of carbonyl (C=O) groups excluding carboxylic acids is 2. The molecule has 2 heterocycles. The Balaban J connectivity index is 1.29. The number of nitrogens with zero attached hydrogens (tertiary/aromatic N) is 2. The molecule has 0 unspecified atom stereocenters. The van der Waals surface area contributed by atoms with Gasteiger partial charge in [-0.1, -0.05) is 0 Å². The lowest BCUT2D eigenvalue weighted by atomic mass is 9.47. The van der Waals surface area contributed by atoms with Crippen LogP contribution >= 0.6 is 0 Å². The minimum Gasteiger partial charge on any atom is -0.390 e. The lowest BCUT2D eigenvalue weighted by Crippen LogP contribution is -2.56. The maximum absolute atomic E-state index is 13.2. The number of aliphatic hydroxyl groups is 1. The van der Waals surface area contributed by atoms with Crippen molar-refractivity contribution in [3.63, 3.8) is 0 Å². The molecule has 26 heavy (non-hydrogen) atoms. The monoisotopic (exact) mass is 360 g/mol. The summed E-state index contributed by atoms with van der Waals surface area (Å²) < 4.78 is 0. The highest BCUT2D eigenvalue weighted by Crippen LogP contribution is 2.63. The van der Waals surface area contributed by atoms with Crippen molar-refractivity contribution in [3.05, 3.63) is 0 Å². The molecule has 6 aliphatic rings. The topological polar surface area (TPSA) is 60.9 Å². The summed E-state index contributed by atoms with van der Waals surface area (Å²) >= 11 is 0. The zero-order valence-electron chi connectivity index (χ0n) is 16.0. The summed E-state index contributed by atoms with van der Waals surface area (Å²) in [6.07, 6.45) is 9.61. The average molecular weight is 360 g/mol. The van der Waals surface area contributed by atoms with Gasteiger partial charge in [-0.05, 0) is 75.0 Å². The molecule has 4 aliphatic carbocycles. The van der Waals surface area contributed by atoms with Crippen molar-refractivity contribution in [1.29, 1.82) is 0 Å². The fraction of sp³-hybridized carbons (Fsp3) is 0.905. The highest BCUT2D eigenvalue weighted by molar-refractivity contribution is 5.86. The van der Waals surface area contributed by atoms with E-state index in [1.54, 1.807) is 0 Å². The predicted octanol–water partition coefficient (Wildman–Crippen LogP) is 2.18. The molecule has 1 spiro atoms. The summed E-state index contributed by atoms with van der Waals surface area (Å²) in [5.74, 6) is 1.71. The normalized spacial score (nSPS) is 47.2.